The van der Waals surface area contributed by atoms with Crippen LogP contribution in [0, 0.1) is 17.3 Å². The summed E-state index contributed by atoms with van der Waals surface area (Å²) in [6, 6.07) is 9.89. The third-order valence-electron chi connectivity index (χ3n) is 7.38. The number of ether oxygens (including phenoxy) is 2. The summed E-state index contributed by atoms with van der Waals surface area (Å²) < 4.78 is 12.0. The molecule has 2 heterocycles. The van der Waals surface area contributed by atoms with Crippen molar-refractivity contribution in [2.45, 2.75) is 52.0 Å². The van der Waals surface area contributed by atoms with Crippen molar-refractivity contribution >= 4 is 11.9 Å². The standard InChI is InChI=1S/C27H39N5O4/c1-19(2)17-31(23-15-27(23)14-20(16-28-18-27)26(34)36-4)25(33)24-22(12-8-9-13-35-3)32(30-29-24)21-10-6-5-7-11-21/h5-7,10-11,19-20,23,28H,8-9,12-18H2,1-4H3/t20-,23?,27?/m1/s1. The number of hydrogen-bond acceptors (Lipinski definition) is 7. The number of hydrogen-bond donors (Lipinski definition) is 1. The summed E-state index contributed by atoms with van der Waals surface area (Å²) in [5.74, 6) is -0.137. The van der Waals surface area contributed by atoms with Gasteiger partial charge in [-0.3, -0.25) is 9.59 Å². The van der Waals surface area contributed by atoms with Gasteiger partial charge in [0.05, 0.1) is 24.4 Å². The second-order valence-corrected chi connectivity index (χ2v) is 10.6. The molecule has 9 nitrogen and oxygen atoms in total. The van der Waals surface area contributed by atoms with Gasteiger partial charge in [0.1, 0.15) is 0 Å². The molecule has 0 bridgehead atoms. The lowest BCUT2D eigenvalue weighted by molar-refractivity contribution is -0.146. The molecule has 1 N–H and O–H groups in total. The monoisotopic (exact) mass is 497 g/mol. The average Bonchev–Trinajstić information content (AvgIpc) is 3.38. The molecule has 1 aromatic carbocycles. The first kappa shape index (κ1) is 26.3. The Kier molecular flexibility index (Phi) is 8.41. The summed E-state index contributed by atoms with van der Waals surface area (Å²) in [6.07, 6.45) is 4.06. The van der Waals surface area contributed by atoms with Gasteiger partial charge in [0, 0.05) is 44.8 Å². The van der Waals surface area contributed by atoms with E-state index in [2.05, 4.69) is 29.5 Å². The molecule has 2 unspecified atom stereocenters. The third-order valence-corrected chi connectivity index (χ3v) is 7.38. The first-order chi connectivity index (χ1) is 17.4. The Bertz CT molecular complexity index is 1040. The van der Waals surface area contributed by atoms with E-state index in [1.165, 1.54) is 7.11 Å². The molecular formula is C27H39N5O4. The zero-order valence-corrected chi connectivity index (χ0v) is 21.9. The number of aromatic nitrogens is 3. The van der Waals surface area contributed by atoms with E-state index in [0.717, 1.165) is 43.6 Å². The smallest absolute Gasteiger partial charge is 0.309 e. The summed E-state index contributed by atoms with van der Waals surface area (Å²) in [5, 5.41) is 12.2. The van der Waals surface area contributed by atoms with Crippen LogP contribution in [-0.4, -0.2) is 78.3 Å². The Balaban J connectivity index is 1.61. The summed E-state index contributed by atoms with van der Waals surface area (Å²) in [5.41, 5.74) is 2.05. The topological polar surface area (TPSA) is 98.6 Å². The maximum Gasteiger partial charge on any atom is 0.309 e. The first-order valence-electron chi connectivity index (χ1n) is 13.0. The lowest BCUT2D eigenvalue weighted by Crippen LogP contribution is -2.46. The van der Waals surface area contributed by atoms with Gasteiger partial charge in [-0.1, -0.05) is 37.3 Å². The van der Waals surface area contributed by atoms with Crippen LogP contribution in [-0.2, 0) is 20.7 Å². The van der Waals surface area contributed by atoms with Crippen LogP contribution in [0.3, 0.4) is 0 Å². The lowest BCUT2D eigenvalue weighted by Gasteiger charge is -2.33. The highest BCUT2D eigenvalue weighted by Gasteiger charge is 2.60. The zero-order valence-electron chi connectivity index (χ0n) is 21.9. The summed E-state index contributed by atoms with van der Waals surface area (Å²) in [7, 11) is 3.14. The van der Waals surface area contributed by atoms with Crippen LogP contribution >= 0.6 is 0 Å². The largest absolute Gasteiger partial charge is 0.469 e. The van der Waals surface area contributed by atoms with E-state index < -0.39 is 0 Å². The molecule has 2 aliphatic rings. The number of nitrogens with zero attached hydrogens (tertiary/aromatic N) is 4. The quantitative estimate of drug-likeness (QED) is 0.376. The van der Waals surface area contributed by atoms with E-state index in [1.807, 2.05) is 35.2 Å². The van der Waals surface area contributed by atoms with Crippen LogP contribution in [0.5, 0.6) is 0 Å². The predicted octanol–water partition coefficient (Wildman–Crippen LogP) is 2.88. The van der Waals surface area contributed by atoms with Crippen molar-refractivity contribution in [2.75, 3.05) is 40.5 Å². The van der Waals surface area contributed by atoms with E-state index in [1.54, 1.807) is 11.8 Å². The number of amides is 1. The number of carbonyl (C=O) groups is 2. The van der Waals surface area contributed by atoms with Crippen LogP contribution in [0.1, 0.15) is 55.7 Å². The van der Waals surface area contributed by atoms with Crippen molar-refractivity contribution < 1.29 is 19.1 Å². The van der Waals surface area contributed by atoms with E-state index in [-0.39, 0.29) is 29.3 Å². The minimum absolute atomic E-state index is 0.0653. The van der Waals surface area contributed by atoms with Crippen LogP contribution in [0.2, 0.25) is 0 Å². The molecule has 1 amide bonds. The van der Waals surface area contributed by atoms with E-state index in [0.29, 0.717) is 37.7 Å². The van der Waals surface area contributed by atoms with Crippen molar-refractivity contribution in [3.8, 4) is 5.69 Å². The Morgan fingerprint density at radius 1 is 1.19 bits per heavy atom. The number of piperidine rings is 1. The Morgan fingerprint density at radius 2 is 1.97 bits per heavy atom. The summed E-state index contributed by atoms with van der Waals surface area (Å²) in [4.78, 5) is 28.3. The molecule has 3 atom stereocenters. The van der Waals surface area contributed by atoms with Gasteiger partial charge in [-0.15, -0.1) is 5.10 Å². The molecule has 1 spiro atoms. The molecule has 4 rings (SSSR count). The minimum atomic E-state index is -0.182. The number of nitrogens with one attached hydrogen (secondary N) is 1. The maximum absolute atomic E-state index is 14.1. The second kappa shape index (κ2) is 11.5. The van der Waals surface area contributed by atoms with Gasteiger partial charge in [0.25, 0.3) is 5.91 Å². The average molecular weight is 498 g/mol. The van der Waals surface area contributed by atoms with Gasteiger partial charge in [-0.2, -0.15) is 0 Å². The molecule has 9 heteroatoms. The fourth-order valence-electron chi connectivity index (χ4n) is 5.53. The van der Waals surface area contributed by atoms with Gasteiger partial charge < -0.3 is 19.7 Å². The number of carbonyl (C=O) groups excluding carboxylic acids is 2. The molecule has 0 radical (unpaired) electrons. The van der Waals surface area contributed by atoms with E-state index in [4.69, 9.17) is 9.47 Å². The fraction of sp³-hybridized carbons (Fsp3) is 0.630. The highest BCUT2D eigenvalue weighted by Crippen LogP contribution is 2.55. The fourth-order valence-corrected chi connectivity index (χ4v) is 5.53. The van der Waals surface area contributed by atoms with Crippen molar-refractivity contribution in [1.82, 2.24) is 25.2 Å². The van der Waals surface area contributed by atoms with E-state index >= 15 is 0 Å². The Morgan fingerprint density at radius 3 is 2.67 bits per heavy atom. The number of benzene rings is 1. The number of para-hydroxylation sites is 1. The molecule has 1 aliphatic carbocycles. The van der Waals surface area contributed by atoms with Crippen LogP contribution in [0.25, 0.3) is 5.69 Å². The SMILES string of the molecule is COCCCCc1c(C(=O)N(CC(C)C)C2CC23CNC[C@H](C(=O)OC)C3)nnn1-c1ccccc1. The van der Waals surface area contributed by atoms with Gasteiger partial charge >= 0.3 is 5.97 Å². The summed E-state index contributed by atoms with van der Waals surface area (Å²) >= 11 is 0. The van der Waals surface area contributed by atoms with Crippen molar-refractivity contribution in [3.63, 3.8) is 0 Å². The number of esters is 1. The van der Waals surface area contributed by atoms with Crippen LogP contribution in [0.15, 0.2) is 30.3 Å². The van der Waals surface area contributed by atoms with Crippen molar-refractivity contribution in [3.05, 3.63) is 41.7 Å². The second-order valence-electron chi connectivity index (χ2n) is 10.6. The highest BCUT2D eigenvalue weighted by molar-refractivity contribution is 5.94. The molecule has 196 valence electrons. The van der Waals surface area contributed by atoms with Crippen LogP contribution in [0.4, 0.5) is 0 Å². The van der Waals surface area contributed by atoms with Crippen molar-refractivity contribution in [1.29, 1.82) is 0 Å². The van der Waals surface area contributed by atoms with Crippen LogP contribution < -0.4 is 5.32 Å². The van der Waals surface area contributed by atoms with E-state index in [9.17, 15) is 9.59 Å². The molecule has 1 saturated carbocycles. The molecule has 2 aromatic rings. The van der Waals surface area contributed by atoms with Gasteiger partial charge in [0.15, 0.2) is 5.69 Å². The molecule has 36 heavy (non-hydrogen) atoms. The first-order valence-corrected chi connectivity index (χ1v) is 13.0. The Hall–Kier alpha value is -2.78. The minimum Gasteiger partial charge on any atom is -0.469 e. The number of unbranched alkanes of at least 4 members (excludes halogenated alkanes) is 1. The van der Waals surface area contributed by atoms with Gasteiger partial charge in [-0.05, 0) is 50.2 Å². The molecule has 2 fully saturated rings. The zero-order chi connectivity index (χ0) is 25.7. The molecule has 1 saturated heterocycles. The normalized spacial score (nSPS) is 23.1. The van der Waals surface area contributed by atoms with Gasteiger partial charge in [-0.25, -0.2) is 4.68 Å². The number of rotatable bonds is 11. The summed E-state index contributed by atoms with van der Waals surface area (Å²) in [6.45, 7) is 6.98. The van der Waals surface area contributed by atoms with Gasteiger partial charge in [0.2, 0.25) is 0 Å². The molecule has 1 aromatic heterocycles. The third kappa shape index (κ3) is 5.62. The Labute approximate surface area is 213 Å². The highest BCUT2D eigenvalue weighted by atomic mass is 16.5. The maximum atomic E-state index is 14.1. The predicted molar refractivity (Wildman–Crippen MR) is 136 cm³/mol. The number of methoxy groups -OCH3 is 2. The molecule has 1 aliphatic heterocycles. The molecular weight excluding hydrogens is 458 g/mol. The lowest BCUT2D eigenvalue weighted by atomic mass is 9.87. The van der Waals surface area contributed by atoms with Crippen molar-refractivity contribution in [2.24, 2.45) is 17.3 Å².